The number of amides is 1. The van der Waals surface area contributed by atoms with Crippen LogP contribution >= 0.6 is 23.2 Å². The van der Waals surface area contributed by atoms with Gasteiger partial charge >= 0.3 is 0 Å². The minimum atomic E-state index is 0.0810. The molecule has 1 saturated heterocycles. The number of aromatic nitrogens is 2. The molecular weight excluding hydrogens is 237 g/mol. The summed E-state index contributed by atoms with van der Waals surface area (Å²) in [6.07, 6.45) is 1.29. The number of carbonyl (C=O) groups is 1. The van der Waals surface area contributed by atoms with Gasteiger partial charge in [-0.3, -0.25) is 4.79 Å². The fourth-order valence-electron chi connectivity index (χ4n) is 1.60. The van der Waals surface area contributed by atoms with Crippen molar-refractivity contribution < 1.29 is 4.79 Å². The van der Waals surface area contributed by atoms with Crippen LogP contribution in [0.15, 0.2) is 6.07 Å². The summed E-state index contributed by atoms with van der Waals surface area (Å²) >= 11 is 11.5. The highest BCUT2D eigenvalue weighted by Gasteiger charge is 2.21. The maximum absolute atomic E-state index is 11.0. The quantitative estimate of drug-likeness (QED) is 0.607. The second-order valence-electron chi connectivity index (χ2n) is 3.42. The van der Waals surface area contributed by atoms with Crippen molar-refractivity contribution in [3.63, 3.8) is 0 Å². The largest absolute Gasteiger partial charge is 0.355 e. The molecule has 15 heavy (non-hydrogen) atoms. The lowest BCUT2D eigenvalue weighted by Gasteiger charge is -2.21. The zero-order chi connectivity index (χ0) is 10.8. The van der Waals surface area contributed by atoms with Crippen molar-refractivity contribution in [1.29, 1.82) is 0 Å². The van der Waals surface area contributed by atoms with E-state index in [0.717, 1.165) is 12.1 Å². The zero-order valence-electron chi connectivity index (χ0n) is 7.83. The molecule has 1 fully saturated rings. The van der Waals surface area contributed by atoms with Gasteiger partial charge in [-0.2, -0.15) is 0 Å². The fourth-order valence-corrected chi connectivity index (χ4v) is 2.02. The Bertz CT molecular complexity index is 367. The molecule has 0 unspecified atom stereocenters. The Kier molecular flexibility index (Phi) is 3.07. The molecule has 0 aromatic carbocycles. The van der Waals surface area contributed by atoms with Gasteiger partial charge in [-0.05, 0) is 24.1 Å². The average molecular weight is 246 g/mol. The van der Waals surface area contributed by atoms with Gasteiger partial charge < -0.3 is 5.32 Å². The molecule has 0 saturated carbocycles. The molecule has 2 heterocycles. The lowest BCUT2D eigenvalue weighted by Crippen LogP contribution is -2.34. The number of nitrogens with one attached hydrogen (secondary N) is 1. The van der Waals surface area contributed by atoms with Crippen LogP contribution in [0.25, 0.3) is 0 Å². The Balaban J connectivity index is 2.18. The van der Waals surface area contributed by atoms with E-state index in [-0.39, 0.29) is 17.1 Å². The summed E-state index contributed by atoms with van der Waals surface area (Å²) in [6, 6.07) is 1.69. The summed E-state index contributed by atoms with van der Waals surface area (Å²) in [5, 5.41) is 3.27. The first-order valence-corrected chi connectivity index (χ1v) is 5.37. The van der Waals surface area contributed by atoms with Gasteiger partial charge in [0.15, 0.2) is 0 Å². The van der Waals surface area contributed by atoms with Crippen LogP contribution in [0.1, 0.15) is 24.5 Å². The smallest absolute Gasteiger partial charge is 0.224 e. The van der Waals surface area contributed by atoms with E-state index in [1.165, 1.54) is 0 Å². The van der Waals surface area contributed by atoms with E-state index in [1.54, 1.807) is 6.07 Å². The Morgan fingerprint density at radius 2 is 2.20 bits per heavy atom. The lowest BCUT2D eigenvalue weighted by molar-refractivity contribution is -0.122. The maximum Gasteiger partial charge on any atom is 0.224 e. The zero-order valence-corrected chi connectivity index (χ0v) is 9.35. The van der Waals surface area contributed by atoms with Gasteiger partial charge in [-0.25, -0.2) is 9.97 Å². The molecule has 1 N–H and O–H groups in total. The van der Waals surface area contributed by atoms with E-state index < -0.39 is 0 Å². The van der Waals surface area contributed by atoms with E-state index in [1.807, 2.05) is 0 Å². The van der Waals surface area contributed by atoms with E-state index >= 15 is 0 Å². The van der Waals surface area contributed by atoms with E-state index in [2.05, 4.69) is 15.3 Å². The predicted octanol–water partition coefficient (Wildman–Crippen LogP) is 1.78. The van der Waals surface area contributed by atoms with Gasteiger partial charge in [0.2, 0.25) is 11.2 Å². The van der Waals surface area contributed by atoms with Gasteiger partial charge in [-0.1, -0.05) is 11.6 Å². The van der Waals surface area contributed by atoms with Crippen molar-refractivity contribution in [1.82, 2.24) is 15.3 Å². The van der Waals surface area contributed by atoms with Crippen LogP contribution in [0.5, 0.6) is 0 Å². The number of hydrogen-bond donors (Lipinski definition) is 1. The number of halogens is 2. The molecule has 80 valence electrons. The van der Waals surface area contributed by atoms with Crippen LogP contribution in [0.4, 0.5) is 0 Å². The third kappa shape index (κ3) is 2.58. The number of hydrogen-bond acceptors (Lipinski definition) is 3. The molecule has 1 aliphatic heterocycles. The summed E-state index contributed by atoms with van der Waals surface area (Å²) in [7, 11) is 0. The van der Waals surface area contributed by atoms with Gasteiger partial charge in [0, 0.05) is 18.9 Å². The summed E-state index contributed by atoms with van der Waals surface area (Å²) in [6.45, 7) is 0.586. The average Bonchev–Trinajstić information content (AvgIpc) is 2.17. The van der Waals surface area contributed by atoms with Crippen LogP contribution in [0.2, 0.25) is 10.4 Å². The highest BCUT2D eigenvalue weighted by atomic mass is 35.5. The molecule has 1 aromatic rings. The Labute approximate surface area is 97.0 Å². The van der Waals surface area contributed by atoms with Crippen molar-refractivity contribution >= 4 is 29.1 Å². The van der Waals surface area contributed by atoms with Crippen LogP contribution in [-0.4, -0.2) is 22.4 Å². The molecule has 0 aliphatic carbocycles. The standard InChI is InChI=1S/C9H9Cl2N3O/c10-7-3-6(13-9(11)14-7)5-1-2-8(15)12-4-5/h3,5H,1-2,4H2,(H,12,15)/t5-/m0/s1. The van der Waals surface area contributed by atoms with E-state index in [9.17, 15) is 4.79 Å². The Morgan fingerprint density at radius 1 is 1.40 bits per heavy atom. The molecule has 1 atom stereocenters. The summed E-state index contributed by atoms with van der Waals surface area (Å²) in [4.78, 5) is 18.9. The first-order chi connectivity index (χ1) is 7.15. The van der Waals surface area contributed by atoms with Gasteiger partial charge in [0.25, 0.3) is 0 Å². The first kappa shape index (κ1) is 10.6. The Hall–Kier alpha value is -0.870. The highest BCUT2D eigenvalue weighted by molar-refractivity contribution is 6.31. The molecule has 1 amide bonds. The van der Waals surface area contributed by atoms with Gasteiger partial charge in [0.05, 0.1) is 5.69 Å². The summed E-state index contributed by atoms with van der Waals surface area (Å²) in [5.41, 5.74) is 0.792. The SMILES string of the molecule is O=C1CC[C@H](c2cc(Cl)nc(Cl)n2)CN1. The molecule has 0 radical (unpaired) electrons. The molecule has 1 aliphatic rings. The van der Waals surface area contributed by atoms with Crippen molar-refractivity contribution in [2.75, 3.05) is 6.54 Å². The molecular formula is C9H9Cl2N3O. The van der Waals surface area contributed by atoms with Crippen molar-refractivity contribution in [2.45, 2.75) is 18.8 Å². The maximum atomic E-state index is 11.0. The summed E-state index contributed by atoms with van der Waals surface area (Å²) < 4.78 is 0. The second kappa shape index (κ2) is 4.33. The van der Waals surface area contributed by atoms with Crippen LogP contribution in [0.3, 0.4) is 0 Å². The Morgan fingerprint density at radius 3 is 2.80 bits per heavy atom. The first-order valence-electron chi connectivity index (χ1n) is 4.62. The molecule has 0 spiro atoms. The molecule has 2 rings (SSSR count). The van der Waals surface area contributed by atoms with Crippen molar-refractivity contribution in [3.05, 3.63) is 22.2 Å². The normalized spacial score (nSPS) is 21.2. The third-order valence-electron chi connectivity index (χ3n) is 2.37. The monoisotopic (exact) mass is 245 g/mol. The number of piperidine rings is 1. The molecule has 6 heteroatoms. The van der Waals surface area contributed by atoms with E-state index in [4.69, 9.17) is 23.2 Å². The van der Waals surface area contributed by atoms with Crippen molar-refractivity contribution in [3.8, 4) is 0 Å². The number of nitrogens with zero attached hydrogens (tertiary/aromatic N) is 2. The van der Waals surface area contributed by atoms with Gasteiger partial charge in [-0.15, -0.1) is 0 Å². The summed E-state index contributed by atoms with van der Waals surface area (Å²) in [5.74, 6) is 0.262. The molecule has 4 nitrogen and oxygen atoms in total. The van der Waals surface area contributed by atoms with Gasteiger partial charge in [0.1, 0.15) is 5.15 Å². The fraction of sp³-hybridized carbons (Fsp3) is 0.444. The van der Waals surface area contributed by atoms with Crippen molar-refractivity contribution in [2.24, 2.45) is 0 Å². The highest BCUT2D eigenvalue weighted by Crippen LogP contribution is 2.24. The number of carbonyl (C=O) groups excluding carboxylic acids is 1. The second-order valence-corrected chi connectivity index (χ2v) is 4.15. The van der Waals surface area contributed by atoms with Crippen LogP contribution in [-0.2, 0) is 4.79 Å². The van der Waals surface area contributed by atoms with Crippen LogP contribution in [0, 0.1) is 0 Å². The van der Waals surface area contributed by atoms with E-state index in [0.29, 0.717) is 18.1 Å². The van der Waals surface area contributed by atoms with Crippen LogP contribution < -0.4 is 5.32 Å². The number of rotatable bonds is 1. The topological polar surface area (TPSA) is 54.9 Å². The minimum absolute atomic E-state index is 0.0810. The minimum Gasteiger partial charge on any atom is -0.355 e. The third-order valence-corrected chi connectivity index (χ3v) is 2.73. The molecule has 1 aromatic heterocycles. The predicted molar refractivity (Wildman–Crippen MR) is 57.0 cm³/mol. The molecule has 0 bridgehead atoms. The lowest BCUT2D eigenvalue weighted by atomic mass is 9.96.